The molecule has 1 aliphatic rings. The van der Waals surface area contributed by atoms with Crippen LogP contribution < -0.4 is 5.32 Å². The predicted octanol–water partition coefficient (Wildman–Crippen LogP) is 2.64. The van der Waals surface area contributed by atoms with Crippen LogP contribution in [0, 0.1) is 5.92 Å². The maximum Gasteiger partial charge on any atom is 0.0634 e. The van der Waals surface area contributed by atoms with Gasteiger partial charge in [-0.25, -0.2) is 0 Å². The highest BCUT2D eigenvalue weighted by Crippen LogP contribution is 2.22. The van der Waals surface area contributed by atoms with Crippen LogP contribution in [0.4, 0.5) is 0 Å². The Morgan fingerprint density at radius 3 is 3.24 bits per heavy atom. The largest absolute Gasteiger partial charge is 0.378 e. The molecule has 1 saturated heterocycles. The Bertz CT molecular complexity index is 359. The quantitative estimate of drug-likeness (QED) is 0.877. The third kappa shape index (κ3) is 3.41. The van der Waals surface area contributed by atoms with Gasteiger partial charge in [0.1, 0.15) is 0 Å². The van der Waals surface area contributed by atoms with E-state index in [0.29, 0.717) is 12.0 Å². The number of aromatic nitrogens is 1. The van der Waals surface area contributed by atoms with Crippen molar-refractivity contribution in [2.45, 2.75) is 32.4 Å². The van der Waals surface area contributed by atoms with Gasteiger partial charge in [0.25, 0.3) is 0 Å². The van der Waals surface area contributed by atoms with Crippen molar-refractivity contribution >= 4 is 11.6 Å². The monoisotopic (exact) mass is 254 g/mol. The lowest BCUT2D eigenvalue weighted by Crippen LogP contribution is -2.28. The van der Waals surface area contributed by atoms with Gasteiger partial charge in [-0.3, -0.25) is 4.98 Å². The van der Waals surface area contributed by atoms with Gasteiger partial charge in [0.15, 0.2) is 0 Å². The molecule has 2 unspecified atom stereocenters. The maximum atomic E-state index is 6.05. The average Bonchev–Trinajstić information content (AvgIpc) is 2.79. The van der Waals surface area contributed by atoms with Crippen LogP contribution in [0.15, 0.2) is 18.5 Å². The van der Waals surface area contributed by atoms with Crippen molar-refractivity contribution in [1.82, 2.24) is 10.3 Å². The standard InChI is InChI=1S/C13H19ClN2O/c1-2-13-11(4-6-17-13)8-16-7-10-3-5-15-9-12(10)14/h3,5,9,11,13,16H,2,4,6-8H2,1H3. The highest BCUT2D eigenvalue weighted by Gasteiger charge is 2.25. The Morgan fingerprint density at radius 1 is 1.59 bits per heavy atom. The first-order valence-corrected chi connectivity index (χ1v) is 6.59. The molecule has 17 heavy (non-hydrogen) atoms. The van der Waals surface area contributed by atoms with E-state index in [1.165, 1.54) is 0 Å². The highest BCUT2D eigenvalue weighted by molar-refractivity contribution is 6.31. The number of nitrogens with one attached hydrogen (secondary N) is 1. The van der Waals surface area contributed by atoms with Gasteiger partial charge in [-0.15, -0.1) is 0 Å². The Kier molecular flexibility index (Phi) is 4.77. The van der Waals surface area contributed by atoms with E-state index in [2.05, 4.69) is 17.2 Å². The first kappa shape index (κ1) is 12.8. The molecule has 1 aromatic rings. The van der Waals surface area contributed by atoms with Crippen molar-refractivity contribution in [3.05, 3.63) is 29.0 Å². The van der Waals surface area contributed by atoms with E-state index in [0.717, 1.165) is 43.1 Å². The topological polar surface area (TPSA) is 34.1 Å². The van der Waals surface area contributed by atoms with E-state index in [-0.39, 0.29) is 0 Å². The summed E-state index contributed by atoms with van der Waals surface area (Å²) in [6, 6.07) is 1.96. The Balaban J connectivity index is 1.78. The highest BCUT2D eigenvalue weighted by atomic mass is 35.5. The molecule has 0 amide bonds. The molecule has 3 nitrogen and oxygen atoms in total. The Hall–Kier alpha value is -0.640. The van der Waals surface area contributed by atoms with Crippen molar-refractivity contribution in [2.75, 3.05) is 13.2 Å². The number of ether oxygens (including phenoxy) is 1. The summed E-state index contributed by atoms with van der Waals surface area (Å²) in [6.45, 7) is 4.88. The number of pyridine rings is 1. The molecule has 0 saturated carbocycles. The van der Waals surface area contributed by atoms with Crippen molar-refractivity contribution < 1.29 is 4.74 Å². The van der Waals surface area contributed by atoms with Crippen LogP contribution in [-0.4, -0.2) is 24.2 Å². The number of halogens is 1. The second kappa shape index (κ2) is 6.34. The molecule has 1 fully saturated rings. The van der Waals surface area contributed by atoms with Crippen LogP contribution >= 0.6 is 11.6 Å². The van der Waals surface area contributed by atoms with Gasteiger partial charge in [0, 0.05) is 32.1 Å². The van der Waals surface area contributed by atoms with Crippen molar-refractivity contribution in [1.29, 1.82) is 0 Å². The fourth-order valence-electron chi connectivity index (χ4n) is 2.32. The predicted molar refractivity (Wildman–Crippen MR) is 69.1 cm³/mol. The van der Waals surface area contributed by atoms with E-state index in [9.17, 15) is 0 Å². The third-order valence-electron chi connectivity index (χ3n) is 3.33. The SMILES string of the molecule is CCC1OCCC1CNCc1ccncc1Cl. The molecular formula is C13H19ClN2O. The van der Waals surface area contributed by atoms with Crippen LogP contribution in [0.3, 0.4) is 0 Å². The fraction of sp³-hybridized carbons (Fsp3) is 0.615. The molecule has 94 valence electrons. The summed E-state index contributed by atoms with van der Waals surface area (Å²) in [5, 5.41) is 4.19. The van der Waals surface area contributed by atoms with Gasteiger partial charge >= 0.3 is 0 Å². The van der Waals surface area contributed by atoms with Crippen LogP contribution in [-0.2, 0) is 11.3 Å². The molecule has 0 radical (unpaired) electrons. The normalized spacial score (nSPS) is 24.1. The van der Waals surface area contributed by atoms with Crippen LogP contribution in [0.2, 0.25) is 5.02 Å². The Labute approximate surface area is 108 Å². The summed E-state index contributed by atoms with van der Waals surface area (Å²) in [5.41, 5.74) is 1.11. The van der Waals surface area contributed by atoms with E-state index in [1.54, 1.807) is 12.4 Å². The molecule has 1 N–H and O–H groups in total. The molecule has 0 bridgehead atoms. The molecule has 4 heteroatoms. The number of rotatable bonds is 5. The smallest absolute Gasteiger partial charge is 0.0634 e. The van der Waals surface area contributed by atoms with Crippen LogP contribution in [0.1, 0.15) is 25.3 Å². The van der Waals surface area contributed by atoms with E-state index in [1.807, 2.05) is 6.07 Å². The first-order valence-electron chi connectivity index (χ1n) is 6.22. The summed E-state index contributed by atoms with van der Waals surface area (Å²) in [6.07, 6.45) is 6.15. The first-order chi connectivity index (χ1) is 8.31. The van der Waals surface area contributed by atoms with E-state index in [4.69, 9.17) is 16.3 Å². The van der Waals surface area contributed by atoms with Gasteiger partial charge in [0.2, 0.25) is 0 Å². The van der Waals surface area contributed by atoms with Crippen LogP contribution in [0.5, 0.6) is 0 Å². The number of hydrogen-bond acceptors (Lipinski definition) is 3. The molecule has 1 aliphatic heterocycles. The minimum atomic E-state index is 0.426. The van der Waals surface area contributed by atoms with E-state index < -0.39 is 0 Å². The van der Waals surface area contributed by atoms with Gasteiger partial charge < -0.3 is 10.1 Å². The second-order valence-electron chi connectivity index (χ2n) is 4.46. The Morgan fingerprint density at radius 2 is 2.47 bits per heavy atom. The summed E-state index contributed by atoms with van der Waals surface area (Å²) in [4.78, 5) is 3.98. The molecule has 2 atom stereocenters. The number of hydrogen-bond donors (Lipinski definition) is 1. The van der Waals surface area contributed by atoms with Gasteiger partial charge in [0.05, 0.1) is 11.1 Å². The van der Waals surface area contributed by atoms with E-state index >= 15 is 0 Å². The van der Waals surface area contributed by atoms with Crippen molar-refractivity contribution in [3.8, 4) is 0 Å². The molecule has 0 spiro atoms. The van der Waals surface area contributed by atoms with Crippen molar-refractivity contribution in [2.24, 2.45) is 5.92 Å². The zero-order valence-corrected chi connectivity index (χ0v) is 10.9. The third-order valence-corrected chi connectivity index (χ3v) is 3.67. The molecular weight excluding hydrogens is 236 g/mol. The molecule has 2 rings (SSSR count). The zero-order chi connectivity index (χ0) is 12.1. The lowest BCUT2D eigenvalue weighted by atomic mass is 9.99. The molecule has 0 aromatic carbocycles. The minimum absolute atomic E-state index is 0.426. The summed E-state index contributed by atoms with van der Waals surface area (Å²) in [7, 11) is 0. The lowest BCUT2D eigenvalue weighted by Gasteiger charge is -2.17. The molecule has 1 aromatic heterocycles. The minimum Gasteiger partial charge on any atom is -0.378 e. The fourth-order valence-corrected chi connectivity index (χ4v) is 2.50. The maximum absolute atomic E-state index is 6.05. The summed E-state index contributed by atoms with van der Waals surface area (Å²) in [5.74, 6) is 0.639. The lowest BCUT2D eigenvalue weighted by molar-refractivity contribution is 0.0872. The van der Waals surface area contributed by atoms with Crippen molar-refractivity contribution in [3.63, 3.8) is 0 Å². The average molecular weight is 255 g/mol. The second-order valence-corrected chi connectivity index (χ2v) is 4.87. The van der Waals surface area contributed by atoms with Gasteiger partial charge in [-0.2, -0.15) is 0 Å². The molecule has 0 aliphatic carbocycles. The number of nitrogens with zero attached hydrogens (tertiary/aromatic N) is 1. The molecule has 2 heterocycles. The summed E-state index contributed by atoms with van der Waals surface area (Å²) >= 11 is 6.05. The van der Waals surface area contributed by atoms with Gasteiger partial charge in [-0.1, -0.05) is 18.5 Å². The van der Waals surface area contributed by atoms with Crippen LogP contribution in [0.25, 0.3) is 0 Å². The van der Waals surface area contributed by atoms with Gasteiger partial charge in [-0.05, 0) is 30.4 Å². The zero-order valence-electron chi connectivity index (χ0n) is 10.2. The summed E-state index contributed by atoms with van der Waals surface area (Å²) < 4.78 is 5.67.